The van der Waals surface area contributed by atoms with E-state index in [1.807, 2.05) is 0 Å². The maximum Gasteiger partial charge on any atom is 0.347 e. The van der Waals surface area contributed by atoms with Crippen LogP contribution >= 0.6 is 0 Å². The molecule has 1 heterocycles. The second-order valence-electron chi connectivity index (χ2n) is 4.26. The summed E-state index contributed by atoms with van der Waals surface area (Å²) in [4.78, 5) is 32.6. The van der Waals surface area contributed by atoms with Crippen LogP contribution in [0.15, 0.2) is 12.1 Å². The maximum absolute atomic E-state index is 11.3. The van der Waals surface area contributed by atoms with Crippen molar-refractivity contribution in [3.63, 3.8) is 0 Å². The molecule has 0 radical (unpaired) electrons. The second kappa shape index (κ2) is 5.16. The average Bonchev–Trinajstić information content (AvgIpc) is 2.76. The highest BCUT2D eigenvalue weighted by molar-refractivity contribution is 5.92. The molecule has 8 nitrogen and oxygen atoms in total. The number of hydrogen-bond acceptors (Lipinski definition) is 6. The lowest BCUT2D eigenvalue weighted by atomic mass is 10.1. The minimum Gasteiger partial charge on any atom is -0.478 e. The van der Waals surface area contributed by atoms with Gasteiger partial charge in [-0.2, -0.15) is 0 Å². The smallest absolute Gasteiger partial charge is 0.347 e. The van der Waals surface area contributed by atoms with Crippen LogP contribution in [-0.4, -0.2) is 34.7 Å². The highest BCUT2D eigenvalue weighted by Gasteiger charge is 2.31. The van der Waals surface area contributed by atoms with E-state index in [-0.39, 0.29) is 29.2 Å². The van der Waals surface area contributed by atoms with Gasteiger partial charge in [-0.05, 0) is 12.5 Å². The van der Waals surface area contributed by atoms with Crippen molar-refractivity contribution in [2.45, 2.75) is 19.4 Å². The summed E-state index contributed by atoms with van der Waals surface area (Å²) in [6.07, 6.45) is -0.567. The van der Waals surface area contributed by atoms with Gasteiger partial charge in [0.25, 0.3) is 5.69 Å². The number of carbonyl (C=O) groups excluding carboxylic acids is 1. The summed E-state index contributed by atoms with van der Waals surface area (Å²) in [6, 6.07) is 2.10. The Bertz CT molecular complexity index is 596. The number of nitrogens with zero attached hydrogens (tertiary/aromatic N) is 1. The van der Waals surface area contributed by atoms with Crippen molar-refractivity contribution < 1.29 is 29.1 Å². The molecule has 1 aromatic rings. The quantitative estimate of drug-likeness (QED) is 0.502. The van der Waals surface area contributed by atoms with Gasteiger partial charge in [0, 0.05) is 18.6 Å². The van der Waals surface area contributed by atoms with Gasteiger partial charge in [-0.25, -0.2) is 9.59 Å². The molecule has 1 fully saturated rings. The van der Waals surface area contributed by atoms with Crippen molar-refractivity contribution >= 4 is 17.6 Å². The Morgan fingerprint density at radius 1 is 1.55 bits per heavy atom. The first-order chi connectivity index (χ1) is 9.40. The molecular formula is C12H11NO7. The van der Waals surface area contributed by atoms with E-state index in [1.54, 1.807) is 0 Å². The van der Waals surface area contributed by atoms with Crippen molar-refractivity contribution in [2.75, 3.05) is 6.61 Å². The lowest BCUT2D eigenvalue weighted by molar-refractivity contribution is -0.385. The molecular weight excluding hydrogens is 270 g/mol. The lowest BCUT2D eigenvalue weighted by Crippen LogP contribution is -2.23. The van der Waals surface area contributed by atoms with Crippen molar-refractivity contribution in [3.05, 3.63) is 33.4 Å². The minimum absolute atomic E-state index is 0.0491. The molecule has 0 aliphatic carbocycles. The number of hydrogen-bond donors (Lipinski definition) is 1. The summed E-state index contributed by atoms with van der Waals surface area (Å²) in [5, 5.41) is 19.9. The first-order valence-electron chi connectivity index (χ1n) is 5.75. The second-order valence-corrected chi connectivity index (χ2v) is 4.26. The van der Waals surface area contributed by atoms with Crippen LogP contribution in [0.1, 0.15) is 22.3 Å². The van der Waals surface area contributed by atoms with E-state index in [0.717, 1.165) is 6.07 Å². The first-order valence-corrected chi connectivity index (χ1v) is 5.75. The summed E-state index contributed by atoms with van der Waals surface area (Å²) >= 11 is 0. The number of carbonyl (C=O) groups is 2. The fraction of sp³-hybridized carbons (Fsp3) is 0.333. The third kappa shape index (κ3) is 2.53. The Morgan fingerprint density at radius 3 is 2.75 bits per heavy atom. The van der Waals surface area contributed by atoms with Gasteiger partial charge < -0.3 is 14.6 Å². The van der Waals surface area contributed by atoms with E-state index < -0.39 is 23.0 Å². The highest BCUT2D eigenvalue weighted by Crippen LogP contribution is 2.31. The zero-order chi connectivity index (χ0) is 14.9. The molecule has 1 N–H and O–H groups in total. The van der Waals surface area contributed by atoms with Crippen molar-refractivity contribution in [1.29, 1.82) is 0 Å². The van der Waals surface area contributed by atoms with Gasteiger partial charge >= 0.3 is 11.9 Å². The summed E-state index contributed by atoms with van der Waals surface area (Å²) in [5.41, 5.74) is -0.422. The summed E-state index contributed by atoms with van der Waals surface area (Å²) in [7, 11) is 0. The van der Waals surface area contributed by atoms with Crippen LogP contribution in [-0.2, 0) is 9.53 Å². The number of ether oxygens (including phenoxy) is 2. The first kappa shape index (κ1) is 13.8. The standard InChI is InChI=1S/C12H11NO7/c1-6-4-7(13(17)18)5-8(11(14)15)10(6)20-9-2-3-19-12(9)16/h4-5,9H,2-3H2,1H3,(H,14,15). The number of cyclic esters (lactones) is 1. The van der Waals surface area contributed by atoms with Crippen molar-refractivity contribution in [3.8, 4) is 5.75 Å². The molecule has 1 atom stereocenters. The van der Waals surface area contributed by atoms with Crippen LogP contribution < -0.4 is 4.74 Å². The molecule has 8 heteroatoms. The normalized spacial score (nSPS) is 17.6. The Morgan fingerprint density at radius 2 is 2.25 bits per heavy atom. The third-order valence-electron chi connectivity index (χ3n) is 2.85. The SMILES string of the molecule is Cc1cc([N+](=O)[O-])cc(C(=O)O)c1OC1CCOC1=O. The molecule has 0 amide bonds. The molecule has 1 aliphatic heterocycles. The number of nitro groups is 1. The molecule has 20 heavy (non-hydrogen) atoms. The number of benzene rings is 1. The van der Waals surface area contributed by atoms with Gasteiger partial charge in [-0.15, -0.1) is 0 Å². The molecule has 1 aliphatic rings. The molecule has 0 saturated carbocycles. The zero-order valence-corrected chi connectivity index (χ0v) is 10.5. The number of non-ortho nitro benzene ring substituents is 1. The molecule has 2 rings (SSSR count). The molecule has 0 bridgehead atoms. The Hall–Kier alpha value is -2.64. The maximum atomic E-state index is 11.3. The Kier molecular flexibility index (Phi) is 3.55. The number of nitro benzene ring substituents is 1. The molecule has 106 valence electrons. The van der Waals surface area contributed by atoms with E-state index in [1.165, 1.54) is 13.0 Å². The van der Waals surface area contributed by atoms with Crippen LogP contribution in [0.5, 0.6) is 5.75 Å². The number of esters is 1. The molecule has 1 aromatic carbocycles. The third-order valence-corrected chi connectivity index (χ3v) is 2.85. The molecule has 0 aromatic heterocycles. The largest absolute Gasteiger partial charge is 0.478 e. The summed E-state index contributed by atoms with van der Waals surface area (Å²) < 4.78 is 10.1. The fourth-order valence-electron chi connectivity index (χ4n) is 1.90. The average molecular weight is 281 g/mol. The zero-order valence-electron chi connectivity index (χ0n) is 10.5. The lowest BCUT2D eigenvalue weighted by Gasteiger charge is -2.14. The summed E-state index contributed by atoms with van der Waals surface area (Å²) in [6.45, 7) is 1.69. The Labute approximate surface area is 113 Å². The minimum atomic E-state index is -1.36. The van der Waals surface area contributed by atoms with Gasteiger partial charge in [0.1, 0.15) is 11.3 Å². The predicted molar refractivity (Wildman–Crippen MR) is 64.8 cm³/mol. The number of carboxylic acid groups (broad SMARTS) is 1. The number of aryl methyl sites for hydroxylation is 1. The van der Waals surface area contributed by atoms with Crippen molar-refractivity contribution in [2.24, 2.45) is 0 Å². The van der Waals surface area contributed by atoms with Crippen LogP contribution in [0, 0.1) is 17.0 Å². The van der Waals surface area contributed by atoms with Crippen LogP contribution in [0.2, 0.25) is 0 Å². The van der Waals surface area contributed by atoms with E-state index in [2.05, 4.69) is 0 Å². The van der Waals surface area contributed by atoms with E-state index in [9.17, 15) is 19.7 Å². The van der Waals surface area contributed by atoms with E-state index in [4.69, 9.17) is 14.6 Å². The molecule has 1 saturated heterocycles. The fourth-order valence-corrected chi connectivity index (χ4v) is 1.90. The molecule has 1 unspecified atom stereocenters. The van der Waals surface area contributed by atoms with Crippen LogP contribution in [0.25, 0.3) is 0 Å². The number of rotatable bonds is 4. The van der Waals surface area contributed by atoms with Crippen LogP contribution in [0.3, 0.4) is 0 Å². The van der Waals surface area contributed by atoms with Gasteiger partial charge in [-0.1, -0.05) is 0 Å². The van der Waals surface area contributed by atoms with Crippen LogP contribution in [0.4, 0.5) is 5.69 Å². The van der Waals surface area contributed by atoms with Crippen molar-refractivity contribution in [1.82, 2.24) is 0 Å². The number of aromatic carboxylic acids is 1. The predicted octanol–water partition coefficient (Wildman–Crippen LogP) is 1.30. The molecule has 0 spiro atoms. The highest BCUT2D eigenvalue weighted by atomic mass is 16.6. The topological polar surface area (TPSA) is 116 Å². The van der Waals surface area contributed by atoms with Gasteiger partial charge in [-0.3, -0.25) is 10.1 Å². The van der Waals surface area contributed by atoms with Gasteiger partial charge in [0.05, 0.1) is 11.5 Å². The Balaban J connectivity index is 2.43. The monoisotopic (exact) mass is 281 g/mol. The van der Waals surface area contributed by atoms with E-state index >= 15 is 0 Å². The van der Waals surface area contributed by atoms with E-state index in [0.29, 0.717) is 6.42 Å². The van der Waals surface area contributed by atoms with Gasteiger partial charge in [0.15, 0.2) is 6.10 Å². The number of carboxylic acids is 1. The summed E-state index contributed by atoms with van der Waals surface area (Å²) in [5.74, 6) is -1.98. The van der Waals surface area contributed by atoms with Gasteiger partial charge in [0.2, 0.25) is 0 Å².